The summed E-state index contributed by atoms with van der Waals surface area (Å²) in [5.74, 6) is -1.06. The third-order valence-electron chi connectivity index (χ3n) is 3.65. The van der Waals surface area contributed by atoms with Gasteiger partial charge in [-0.05, 0) is 40.5 Å². The van der Waals surface area contributed by atoms with Crippen LogP contribution in [0.1, 0.15) is 53.4 Å². The summed E-state index contributed by atoms with van der Waals surface area (Å²) >= 11 is 0. The van der Waals surface area contributed by atoms with Crippen LogP contribution in [0.4, 0.5) is 0 Å². The van der Waals surface area contributed by atoms with Crippen LogP contribution < -0.4 is 0 Å². The highest BCUT2D eigenvalue weighted by atomic mass is 16.7. The van der Waals surface area contributed by atoms with E-state index in [0.29, 0.717) is 12.8 Å². The van der Waals surface area contributed by atoms with Gasteiger partial charge < -0.3 is 19.8 Å². The number of hydroxylamine groups is 2. The molecule has 22 heavy (non-hydrogen) atoms. The summed E-state index contributed by atoms with van der Waals surface area (Å²) in [4.78, 5) is 28.7. The molecule has 0 atom stereocenters. The van der Waals surface area contributed by atoms with Gasteiger partial charge in [-0.1, -0.05) is 0 Å². The van der Waals surface area contributed by atoms with Crippen LogP contribution >= 0.6 is 0 Å². The maximum atomic E-state index is 12.0. The molecule has 0 spiro atoms. The number of carbonyl (C=O) groups is 2. The van der Waals surface area contributed by atoms with Crippen molar-refractivity contribution in [1.29, 1.82) is 0 Å². The van der Waals surface area contributed by atoms with E-state index < -0.39 is 29.1 Å². The molecule has 0 radical (unpaired) electrons. The topological polar surface area (TPSA) is 96.3 Å². The molecular formula is C15H27NO6. The molecule has 0 aromatic heterocycles. The van der Waals surface area contributed by atoms with Gasteiger partial charge in [0.05, 0.1) is 36.6 Å². The van der Waals surface area contributed by atoms with E-state index in [4.69, 9.17) is 9.94 Å². The Labute approximate surface area is 131 Å². The summed E-state index contributed by atoms with van der Waals surface area (Å²) in [6.07, 6.45) is 0.393. The lowest BCUT2D eigenvalue weighted by atomic mass is 9.80. The molecule has 0 aliphatic carbocycles. The second-order valence-electron chi connectivity index (χ2n) is 6.89. The Morgan fingerprint density at radius 1 is 1.09 bits per heavy atom. The van der Waals surface area contributed by atoms with Gasteiger partial charge >= 0.3 is 11.9 Å². The SMILES string of the molecule is CC1(C)CC(O)CC(C)(C)N1OC(=O)CCC(=O)OCCO. The second kappa shape index (κ2) is 7.39. The predicted octanol–water partition coefficient (Wildman–Crippen LogP) is 0.774. The van der Waals surface area contributed by atoms with Crippen molar-refractivity contribution in [2.45, 2.75) is 70.6 Å². The summed E-state index contributed by atoms with van der Waals surface area (Å²) in [6.45, 7) is 7.30. The minimum absolute atomic E-state index is 0.0715. The van der Waals surface area contributed by atoms with Crippen LogP contribution in [-0.2, 0) is 19.2 Å². The van der Waals surface area contributed by atoms with Crippen molar-refractivity contribution < 1.29 is 29.4 Å². The third-order valence-corrected chi connectivity index (χ3v) is 3.65. The second-order valence-corrected chi connectivity index (χ2v) is 6.89. The molecular weight excluding hydrogens is 290 g/mol. The molecule has 0 bridgehead atoms. The highest BCUT2D eigenvalue weighted by Crippen LogP contribution is 2.38. The molecule has 0 amide bonds. The van der Waals surface area contributed by atoms with E-state index in [1.165, 1.54) is 0 Å². The van der Waals surface area contributed by atoms with Gasteiger partial charge in [0.25, 0.3) is 0 Å². The average Bonchev–Trinajstić information content (AvgIpc) is 2.36. The maximum Gasteiger partial charge on any atom is 0.325 e. The molecule has 1 rings (SSSR count). The fourth-order valence-electron chi connectivity index (χ4n) is 3.04. The van der Waals surface area contributed by atoms with Gasteiger partial charge in [0.15, 0.2) is 0 Å². The number of nitrogens with zero attached hydrogens (tertiary/aromatic N) is 1. The zero-order valence-electron chi connectivity index (χ0n) is 13.8. The first-order valence-corrected chi connectivity index (χ1v) is 7.54. The molecule has 1 aliphatic heterocycles. The molecule has 0 aromatic carbocycles. The van der Waals surface area contributed by atoms with Crippen LogP contribution in [0.3, 0.4) is 0 Å². The summed E-state index contributed by atoms with van der Waals surface area (Å²) in [7, 11) is 0. The summed E-state index contributed by atoms with van der Waals surface area (Å²) in [5.41, 5.74) is -0.984. The fourth-order valence-corrected chi connectivity index (χ4v) is 3.04. The van der Waals surface area contributed by atoms with Gasteiger partial charge in [0.1, 0.15) is 6.61 Å². The zero-order valence-corrected chi connectivity index (χ0v) is 13.8. The molecule has 1 heterocycles. The van der Waals surface area contributed by atoms with Crippen molar-refractivity contribution in [2.24, 2.45) is 0 Å². The number of esters is 1. The highest BCUT2D eigenvalue weighted by Gasteiger charge is 2.47. The summed E-state index contributed by atoms with van der Waals surface area (Å²) < 4.78 is 4.68. The Hall–Kier alpha value is -1.18. The molecule has 1 aliphatic rings. The van der Waals surface area contributed by atoms with Crippen LogP contribution in [0, 0.1) is 0 Å². The van der Waals surface area contributed by atoms with Crippen LogP contribution in [0.2, 0.25) is 0 Å². The fraction of sp³-hybridized carbons (Fsp3) is 0.867. The number of aliphatic hydroxyl groups excluding tert-OH is 2. The van der Waals surface area contributed by atoms with Crippen LogP contribution in [0.5, 0.6) is 0 Å². The monoisotopic (exact) mass is 317 g/mol. The van der Waals surface area contributed by atoms with Crippen molar-refractivity contribution >= 4 is 11.9 Å². The minimum Gasteiger partial charge on any atom is -0.463 e. The summed E-state index contributed by atoms with van der Waals surface area (Å²) in [5, 5.41) is 20.1. The highest BCUT2D eigenvalue weighted by molar-refractivity contribution is 5.77. The Morgan fingerprint density at radius 2 is 1.59 bits per heavy atom. The number of hydrogen-bond donors (Lipinski definition) is 2. The Morgan fingerprint density at radius 3 is 2.09 bits per heavy atom. The quantitative estimate of drug-likeness (QED) is 0.699. The largest absolute Gasteiger partial charge is 0.463 e. The lowest BCUT2D eigenvalue weighted by Crippen LogP contribution is -2.62. The minimum atomic E-state index is -0.543. The number of ether oxygens (including phenoxy) is 1. The average molecular weight is 317 g/mol. The smallest absolute Gasteiger partial charge is 0.325 e. The van der Waals surface area contributed by atoms with E-state index in [1.807, 2.05) is 27.7 Å². The standard InChI is InChI=1S/C15H27NO6/c1-14(2)9-11(18)10-15(3,4)16(14)22-13(20)6-5-12(19)21-8-7-17/h11,17-18H,5-10H2,1-4H3. The van der Waals surface area contributed by atoms with Crippen molar-refractivity contribution in [3.05, 3.63) is 0 Å². The predicted molar refractivity (Wildman–Crippen MR) is 78.6 cm³/mol. The Balaban J connectivity index is 2.56. The van der Waals surface area contributed by atoms with Gasteiger partial charge in [-0.2, -0.15) is 0 Å². The van der Waals surface area contributed by atoms with E-state index in [2.05, 4.69) is 4.74 Å². The first-order valence-electron chi connectivity index (χ1n) is 7.54. The molecule has 1 fully saturated rings. The van der Waals surface area contributed by atoms with Crippen molar-refractivity contribution in [3.8, 4) is 0 Å². The maximum absolute atomic E-state index is 12.0. The van der Waals surface area contributed by atoms with Crippen LogP contribution in [-0.4, -0.2) is 57.6 Å². The molecule has 128 valence electrons. The van der Waals surface area contributed by atoms with Crippen LogP contribution in [0.15, 0.2) is 0 Å². The van der Waals surface area contributed by atoms with E-state index in [-0.39, 0.29) is 26.1 Å². The van der Waals surface area contributed by atoms with E-state index in [9.17, 15) is 14.7 Å². The first kappa shape index (κ1) is 18.9. The van der Waals surface area contributed by atoms with Gasteiger partial charge in [-0.3, -0.25) is 9.59 Å². The molecule has 1 saturated heterocycles. The van der Waals surface area contributed by atoms with Gasteiger partial charge in [-0.15, -0.1) is 5.06 Å². The van der Waals surface area contributed by atoms with Crippen LogP contribution in [0.25, 0.3) is 0 Å². The van der Waals surface area contributed by atoms with Crippen molar-refractivity contribution in [3.63, 3.8) is 0 Å². The molecule has 0 aromatic rings. The molecule has 2 N–H and O–H groups in total. The van der Waals surface area contributed by atoms with E-state index in [0.717, 1.165) is 0 Å². The molecule has 7 nitrogen and oxygen atoms in total. The van der Waals surface area contributed by atoms with Gasteiger partial charge in [-0.25, -0.2) is 0 Å². The Bertz CT molecular complexity index is 389. The lowest BCUT2D eigenvalue weighted by Gasteiger charge is -2.51. The number of aliphatic hydroxyl groups is 2. The number of hydrogen-bond acceptors (Lipinski definition) is 7. The number of carbonyl (C=O) groups excluding carboxylic acids is 2. The number of piperidine rings is 1. The van der Waals surface area contributed by atoms with E-state index in [1.54, 1.807) is 5.06 Å². The molecule has 7 heteroatoms. The zero-order chi connectivity index (χ0) is 17.0. The van der Waals surface area contributed by atoms with E-state index >= 15 is 0 Å². The summed E-state index contributed by atoms with van der Waals surface area (Å²) in [6, 6.07) is 0. The molecule has 0 saturated carbocycles. The molecule has 0 unspecified atom stereocenters. The first-order chi connectivity index (χ1) is 10.1. The van der Waals surface area contributed by atoms with Gasteiger partial charge in [0, 0.05) is 0 Å². The van der Waals surface area contributed by atoms with Crippen molar-refractivity contribution in [1.82, 2.24) is 5.06 Å². The lowest BCUT2D eigenvalue weighted by molar-refractivity contribution is -0.276. The number of rotatable bonds is 6. The normalized spacial score (nSPS) is 21.4. The van der Waals surface area contributed by atoms with Gasteiger partial charge in [0.2, 0.25) is 0 Å². The third kappa shape index (κ3) is 5.23. The Kier molecular flexibility index (Phi) is 6.34. The van der Waals surface area contributed by atoms with Crippen molar-refractivity contribution in [2.75, 3.05) is 13.2 Å².